The summed E-state index contributed by atoms with van der Waals surface area (Å²) in [5, 5.41) is 5.93. The van der Waals surface area contributed by atoms with Crippen LogP contribution >= 0.6 is 11.3 Å². The van der Waals surface area contributed by atoms with Crippen molar-refractivity contribution in [3.63, 3.8) is 0 Å². The Morgan fingerprint density at radius 1 is 1.14 bits per heavy atom. The van der Waals surface area contributed by atoms with Gasteiger partial charge in [0.15, 0.2) is 5.13 Å². The molecular formula is C18H16N2OS. The fourth-order valence-corrected chi connectivity index (χ4v) is 3.95. The summed E-state index contributed by atoms with van der Waals surface area (Å²) in [6, 6.07) is 10.3. The molecule has 3 nitrogen and oxygen atoms in total. The molecule has 0 atom stereocenters. The zero-order valence-corrected chi connectivity index (χ0v) is 13.4. The van der Waals surface area contributed by atoms with Gasteiger partial charge in [0.05, 0.1) is 5.69 Å². The van der Waals surface area contributed by atoms with E-state index in [4.69, 9.17) is 0 Å². The number of anilines is 1. The van der Waals surface area contributed by atoms with Crippen LogP contribution in [0.4, 0.5) is 5.13 Å². The Bertz CT molecular complexity index is 881. The average Bonchev–Trinajstić information content (AvgIpc) is 3.05. The lowest BCUT2D eigenvalue weighted by atomic mass is 9.99. The maximum Gasteiger partial charge on any atom is 0.258 e. The molecule has 0 saturated carbocycles. The Morgan fingerprint density at radius 3 is 2.64 bits per heavy atom. The highest BCUT2D eigenvalue weighted by Gasteiger charge is 2.19. The second-order valence-corrected chi connectivity index (χ2v) is 6.93. The van der Waals surface area contributed by atoms with Gasteiger partial charge in [0, 0.05) is 10.4 Å². The van der Waals surface area contributed by atoms with E-state index in [2.05, 4.69) is 22.4 Å². The van der Waals surface area contributed by atoms with Gasteiger partial charge in [-0.15, -0.1) is 11.3 Å². The smallest absolute Gasteiger partial charge is 0.258 e. The molecule has 0 spiro atoms. The predicted octanol–water partition coefficient (Wildman–Crippen LogP) is 4.26. The van der Waals surface area contributed by atoms with Crippen molar-refractivity contribution in [1.29, 1.82) is 0 Å². The molecule has 1 aromatic heterocycles. The van der Waals surface area contributed by atoms with E-state index in [0.29, 0.717) is 5.13 Å². The molecule has 1 aliphatic carbocycles. The van der Waals surface area contributed by atoms with Crippen LogP contribution < -0.4 is 5.32 Å². The molecule has 0 unspecified atom stereocenters. The van der Waals surface area contributed by atoms with E-state index >= 15 is 0 Å². The molecule has 1 amide bonds. The lowest BCUT2D eigenvalue weighted by Crippen LogP contribution is -2.12. The number of amides is 1. The second kappa shape index (κ2) is 4.92. The Hall–Kier alpha value is -2.20. The first-order chi connectivity index (χ1) is 10.6. The quantitative estimate of drug-likeness (QED) is 0.768. The van der Waals surface area contributed by atoms with Crippen molar-refractivity contribution in [3.8, 4) is 0 Å². The minimum Gasteiger partial charge on any atom is -0.298 e. The summed E-state index contributed by atoms with van der Waals surface area (Å²) < 4.78 is 0. The van der Waals surface area contributed by atoms with Crippen LogP contribution in [-0.4, -0.2) is 10.9 Å². The molecule has 4 heteroatoms. The summed E-state index contributed by atoms with van der Waals surface area (Å²) in [5.74, 6) is -0.0793. The molecule has 110 valence electrons. The van der Waals surface area contributed by atoms with Crippen molar-refractivity contribution in [2.24, 2.45) is 0 Å². The topological polar surface area (TPSA) is 42.0 Å². The molecular weight excluding hydrogens is 292 g/mol. The highest BCUT2D eigenvalue weighted by atomic mass is 32.1. The zero-order chi connectivity index (χ0) is 15.3. The number of benzene rings is 2. The van der Waals surface area contributed by atoms with E-state index in [1.165, 1.54) is 27.8 Å². The van der Waals surface area contributed by atoms with Crippen molar-refractivity contribution in [3.05, 3.63) is 57.6 Å². The summed E-state index contributed by atoms with van der Waals surface area (Å²) in [7, 11) is 0. The number of carbonyl (C=O) groups is 1. The Morgan fingerprint density at radius 2 is 1.91 bits per heavy atom. The van der Waals surface area contributed by atoms with Gasteiger partial charge in [0.2, 0.25) is 0 Å². The molecule has 0 radical (unpaired) electrons. The third-order valence-electron chi connectivity index (χ3n) is 4.37. The third-order valence-corrected chi connectivity index (χ3v) is 5.36. The monoisotopic (exact) mass is 308 g/mol. The summed E-state index contributed by atoms with van der Waals surface area (Å²) in [4.78, 5) is 18.2. The third kappa shape index (κ3) is 2.03. The van der Waals surface area contributed by atoms with Crippen LogP contribution in [0, 0.1) is 13.8 Å². The molecule has 1 N–H and O–H groups in total. The van der Waals surface area contributed by atoms with Gasteiger partial charge in [-0.3, -0.25) is 10.1 Å². The first-order valence-corrected chi connectivity index (χ1v) is 8.24. The fraction of sp³-hybridized carbons (Fsp3) is 0.222. The largest absolute Gasteiger partial charge is 0.298 e. The number of nitrogens with zero attached hydrogens (tertiary/aromatic N) is 1. The van der Waals surface area contributed by atoms with Gasteiger partial charge in [-0.05, 0) is 54.7 Å². The van der Waals surface area contributed by atoms with E-state index in [-0.39, 0.29) is 5.91 Å². The van der Waals surface area contributed by atoms with Gasteiger partial charge in [-0.1, -0.05) is 24.3 Å². The van der Waals surface area contributed by atoms with E-state index in [9.17, 15) is 4.79 Å². The lowest BCUT2D eigenvalue weighted by Gasteiger charge is -2.08. The summed E-state index contributed by atoms with van der Waals surface area (Å²) in [6.07, 6.45) is 2.14. The van der Waals surface area contributed by atoms with Crippen LogP contribution in [0.3, 0.4) is 0 Å². The summed E-state index contributed by atoms with van der Waals surface area (Å²) >= 11 is 1.52. The normalized spacial score (nSPS) is 12.8. The van der Waals surface area contributed by atoms with Gasteiger partial charge in [0.1, 0.15) is 0 Å². The number of aryl methyl sites for hydroxylation is 4. The Balaban J connectivity index is 1.77. The predicted molar refractivity (Wildman–Crippen MR) is 90.9 cm³/mol. The number of aromatic nitrogens is 1. The van der Waals surface area contributed by atoms with Crippen molar-refractivity contribution in [2.75, 3.05) is 5.32 Å². The minimum atomic E-state index is -0.0793. The average molecular weight is 308 g/mol. The first-order valence-electron chi connectivity index (χ1n) is 7.42. The first kappa shape index (κ1) is 13.5. The summed E-state index contributed by atoms with van der Waals surface area (Å²) in [6.45, 7) is 3.97. The zero-order valence-electron chi connectivity index (χ0n) is 12.6. The number of hydrogen-bond donors (Lipinski definition) is 1. The molecule has 2 aromatic carbocycles. The number of carbonyl (C=O) groups excluding carboxylic acids is 1. The van der Waals surface area contributed by atoms with Crippen molar-refractivity contribution in [2.45, 2.75) is 26.7 Å². The number of thiazole rings is 1. The SMILES string of the molecule is Cc1nc(NC(=O)c2ccc3c4c(cccc24)CC3)sc1C. The molecule has 4 rings (SSSR count). The molecule has 0 aliphatic heterocycles. The van der Waals surface area contributed by atoms with Gasteiger partial charge in [-0.2, -0.15) is 0 Å². The lowest BCUT2D eigenvalue weighted by molar-refractivity contribution is 0.102. The van der Waals surface area contributed by atoms with Gasteiger partial charge >= 0.3 is 0 Å². The van der Waals surface area contributed by atoms with E-state index in [1.807, 2.05) is 32.0 Å². The molecule has 3 aromatic rings. The van der Waals surface area contributed by atoms with Gasteiger partial charge in [0.25, 0.3) is 5.91 Å². The molecule has 0 bridgehead atoms. The van der Waals surface area contributed by atoms with E-state index in [0.717, 1.165) is 34.4 Å². The Kier molecular flexibility index (Phi) is 3.01. The highest BCUT2D eigenvalue weighted by molar-refractivity contribution is 7.15. The molecule has 1 heterocycles. The highest BCUT2D eigenvalue weighted by Crippen LogP contribution is 2.33. The van der Waals surface area contributed by atoms with Crippen LogP contribution in [0.25, 0.3) is 10.8 Å². The van der Waals surface area contributed by atoms with Crippen molar-refractivity contribution in [1.82, 2.24) is 4.98 Å². The van der Waals surface area contributed by atoms with Gasteiger partial charge < -0.3 is 0 Å². The Labute approximate surface area is 133 Å². The molecule has 0 saturated heterocycles. The van der Waals surface area contributed by atoms with Crippen LogP contribution in [0.5, 0.6) is 0 Å². The molecule has 1 aliphatic rings. The summed E-state index contributed by atoms with van der Waals surface area (Å²) in [5.41, 5.74) is 4.40. The van der Waals surface area contributed by atoms with E-state index < -0.39 is 0 Å². The van der Waals surface area contributed by atoms with Crippen molar-refractivity contribution < 1.29 is 4.79 Å². The fourth-order valence-electron chi connectivity index (χ4n) is 3.14. The maximum absolute atomic E-state index is 12.6. The van der Waals surface area contributed by atoms with Crippen LogP contribution in [0.2, 0.25) is 0 Å². The standard InChI is InChI=1S/C18H16N2OS/c1-10-11(2)22-18(19-10)20-17(21)15-9-8-13-7-6-12-4-3-5-14(15)16(12)13/h3-5,8-9H,6-7H2,1-2H3,(H,19,20,21). The van der Waals surface area contributed by atoms with Crippen LogP contribution in [-0.2, 0) is 12.8 Å². The van der Waals surface area contributed by atoms with Crippen molar-refractivity contribution >= 4 is 33.1 Å². The number of rotatable bonds is 2. The number of hydrogen-bond acceptors (Lipinski definition) is 3. The second-order valence-electron chi connectivity index (χ2n) is 5.73. The minimum absolute atomic E-state index is 0.0793. The molecule has 0 fully saturated rings. The van der Waals surface area contributed by atoms with Gasteiger partial charge in [-0.25, -0.2) is 4.98 Å². The number of nitrogens with one attached hydrogen (secondary N) is 1. The van der Waals surface area contributed by atoms with E-state index in [1.54, 1.807) is 0 Å². The molecule has 22 heavy (non-hydrogen) atoms. The van der Waals surface area contributed by atoms with Crippen LogP contribution in [0.15, 0.2) is 30.3 Å². The van der Waals surface area contributed by atoms with Crippen LogP contribution in [0.1, 0.15) is 32.1 Å². The maximum atomic E-state index is 12.6.